The third-order valence-electron chi connectivity index (χ3n) is 4.30. The molecule has 2 fully saturated rings. The highest BCUT2D eigenvalue weighted by molar-refractivity contribution is 5.00. The van der Waals surface area contributed by atoms with Gasteiger partial charge in [0.1, 0.15) is 11.4 Å². The van der Waals surface area contributed by atoms with Crippen molar-refractivity contribution >= 4 is 0 Å². The Bertz CT molecular complexity index is 435. The van der Waals surface area contributed by atoms with Gasteiger partial charge in [-0.1, -0.05) is 0 Å². The van der Waals surface area contributed by atoms with Crippen molar-refractivity contribution in [1.82, 2.24) is 9.80 Å². The highest BCUT2D eigenvalue weighted by atomic mass is 16.6. The Morgan fingerprint density at radius 1 is 1.43 bits per heavy atom. The van der Waals surface area contributed by atoms with Crippen LogP contribution in [0.1, 0.15) is 18.6 Å². The molecule has 2 saturated heterocycles. The summed E-state index contributed by atoms with van der Waals surface area (Å²) in [4.78, 5) is 4.59. The van der Waals surface area contributed by atoms with Gasteiger partial charge in [0.05, 0.1) is 32.1 Å². The lowest BCUT2D eigenvalue weighted by Gasteiger charge is -2.32. The Balaban J connectivity index is 1.62. The van der Waals surface area contributed by atoms with Crippen molar-refractivity contribution in [2.45, 2.75) is 31.1 Å². The second-order valence-corrected chi connectivity index (χ2v) is 6.57. The molecule has 5 nitrogen and oxygen atoms in total. The Morgan fingerprint density at radius 3 is 3.10 bits per heavy atom. The van der Waals surface area contributed by atoms with Crippen LogP contribution in [-0.4, -0.2) is 68.4 Å². The van der Waals surface area contributed by atoms with Gasteiger partial charge < -0.3 is 18.8 Å². The number of rotatable bonds is 4. The van der Waals surface area contributed by atoms with Crippen LogP contribution in [0.2, 0.25) is 0 Å². The van der Waals surface area contributed by atoms with Gasteiger partial charge in [-0.15, -0.1) is 0 Å². The fraction of sp³-hybridized carbons (Fsp3) is 0.750. The van der Waals surface area contributed by atoms with Crippen LogP contribution in [0.4, 0.5) is 0 Å². The highest BCUT2D eigenvalue weighted by Crippen LogP contribution is 2.33. The van der Waals surface area contributed by atoms with Crippen molar-refractivity contribution in [3.8, 4) is 0 Å². The van der Waals surface area contributed by atoms with Gasteiger partial charge >= 0.3 is 0 Å². The zero-order valence-corrected chi connectivity index (χ0v) is 13.1. The van der Waals surface area contributed by atoms with Crippen LogP contribution < -0.4 is 0 Å². The predicted octanol–water partition coefficient (Wildman–Crippen LogP) is 1.59. The summed E-state index contributed by atoms with van der Waals surface area (Å²) >= 11 is 0. The lowest BCUT2D eigenvalue weighted by molar-refractivity contribution is -0.0904. The van der Waals surface area contributed by atoms with Gasteiger partial charge in [0.2, 0.25) is 0 Å². The molecule has 3 rings (SSSR count). The molecule has 0 aliphatic carbocycles. The zero-order chi connectivity index (χ0) is 14.7. The topological polar surface area (TPSA) is 38.1 Å². The summed E-state index contributed by atoms with van der Waals surface area (Å²) in [5.74, 6) is 1.01. The predicted molar refractivity (Wildman–Crippen MR) is 80.2 cm³/mol. The molecule has 0 radical (unpaired) electrons. The van der Waals surface area contributed by atoms with Crippen LogP contribution in [0.3, 0.4) is 0 Å². The lowest BCUT2D eigenvalue weighted by atomic mass is 10.00. The molecule has 1 spiro atoms. The number of likely N-dealkylation sites (N-methyl/N-ethyl adjacent to an activating group) is 1. The molecule has 3 heterocycles. The van der Waals surface area contributed by atoms with E-state index in [2.05, 4.69) is 23.9 Å². The molecule has 0 N–H and O–H groups in total. The van der Waals surface area contributed by atoms with Gasteiger partial charge in [-0.3, -0.25) is 4.90 Å². The second-order valence-electron chi connectivity index (χ2n) is 6.57. The van der Waals surface area contributed by atoms with Crippen LogP contribution >= 0.6 is 0 Å². The van der Waals surface area contributed by atoms with E-state index in [-0.39, 0.29) is 5.60 Å². The summed E-state index contributed by atoms with van der Waals surface area (Å²) in [6.07, 6.45) is 4.27. The zero-order valence-electron chi connectivity index (χ0n) is 13.1. The molecule has 21 heavy (non-hydrogen) atoms. The van der Waals surface area contributed by atoms with Gasteiger partial charge in [0.25, 0.3) is 0 Å². The molecule has 5 heteroatoms. The van der Waals surface area contributed by atoms with Gasteiger partial charge in [-0.2, -0.15) is 0 Å². The maximum absolute atomic E-state index is 6.39. The molecule has 118 valence electrons. The summed E-state index contributed by atoms with van der Waals surface area (Å²) in [6, 6.07) is 3.97. The number of ether oxygens (including phenoxy) is 2. The van der Waals surface area contributed by atoms with E-state index in [0.29, 0.717) is 12.7 Å². The summed E-state index contributed by atoms with van der Waals surface area (Å²) < 4.78 is 17.7. The average molecular weight is 294 g/mol. The van der Waals surface area contributed by atoms with E-state index >= 15 is 0 Å². The lowest BCUT2D eigenvalue weighted by Crippen LogP contribution is -2.44. The van der Waals surface area contributed by atoms with Crippen molar-refractivity contribution < 1.29 is 13.9 Å². The van der Waals surface area contributed by atoms with Crippen molar-refractivity contribution in [2.24, 2.45) is 0 Å². The molecule has 2 aliphatic heterocycles. The third kappa shape index (κ3) is 3.86. The van der Waals surface area contributed by atoms with Gasteiger partial charge in [-0.05, 0) is 39.1 Å². The molecule has 0 amide bonds. The van der Waals surface area contributed by atoms with Gasteiger partial charge in [-0.25, -0.2) is 0 Å². The van der Waals surface area contributed by atoms with Crippen molar-refractivity contribution in [2.75, 3.05) is 46.9 Å². The fourth-order valence-electron chi connectivity index (χ4n) is 3.40. The van der Waals surface area contributed by atoms with Crippen molar-refractivity contribution in [3.05, 3.63) is 24.2 Å². The first-order valence-corrected chi connectivity index (χ1v) is 7.80. The van der Waals surface area contributed by atoms with E-state index in [9.17, 15) is 0 Å². The molecule has 0 aromatic carbocycles. The summed E-state index contributed by atoms with van der Waals surface area (Å²) in [7, 11) is 4.20. The maximum Gasteiger partial charge on any atom is 0.117 e. The van der Waals surface area contributed by atoms with Gasteiger partial charge in [0, 0.05) is 19.6 Å². The highest BCUT2D eigenvalue weighted by Gasteiger charge is 2.43. The smallest absolute Gasteiger partial charge is 0.117 e. The first-order chi connectivity index (χ1) is 10.2. The average Bonchev–Trinajstić information content (AvgIpc) is 3.00. The molecule has 0 bridgehead atoms. The Hall–Kier alpha value is -0.880. The molecule has 1 aromatic heterocycles. The third-order valence-corrected chi connectivity index (χ3v) is 4.30. The standard InChI is InChI=1S/C16H26N2O3/c1-17(2)10-15-5-6-16(21-15)12-18(7-9-19-13-16)11-14-4-3-8-20-14/h3-4,8,15H,5-7,9-13H2,1-2H3/t15-,16-/m0/s1. The molecule has 1 aromatic rings. The van der Waals surface area contributed by atoms with Crippen LogP contribution in [-0.2, 0) is 16.0 Å². The largest absolute Gasteiger partial charge is 0.468 e. The monoisotopic (exact) mass is 294 g/mol. The summed E-state index contributed by atoms with van der Waals surface area (Å²) in [5.41, 5.74) is -0.135. The minimum atomic E-state index is -0.135. The van der Waals surface area contributed by atoms with E-state index in [4.69, 9.17) is 13.9 Å². The molecule has 0 unspecified atom stereocenters. The Labute approximate surface area is 126 Å². The van der Waals surface area contributed by atoms with Crippen LogP contribution in [0.15, 0.2) is 22.8 Å². The van der Waals surface area contributed by atoms with E-state index in [1.54, 1.807) is 6.26 Å². The Morgan fingerprint density at radius 2 is 2.33 bits per heavy atom. The minimum absolute atomic E-state index is 0.135. The fourth-order valence-corrected chi connectivity index (χ4v) is 3.40. The number of hydrogen-bond acceptors (Lipinski definition) is 5. The van der Waals surface area contributed by atoms with Crippen LogP contribution in [0.25, 0.3) is 0 Å². The Kier molecular flexibility index (Phi) is 4.64. The van der Waals surface area contributed by atoms with Crippen LogP contribution in [0.5, 0.6) is 0 Å². The second kappa shape index (κ2) is 6.48. The minimum Gasteiger partial charge on any atom is -0.468 e. The molecular weight excluding hydrogens is 268 g/mol. The number of hydrogen-bond donors (Lipinski definition) is 0. The van der Waals surface area contributed by atoms with Gasteiger partial charge in [0.15, 0.2) is 0 Å². The maximum atomic E-state index is 6.39. The SMILES string of the molecule is CN(C)C[C@@H]1CC[C@]2(COCCN(Cc3ccco3)C2)O1. The van der Waals surface area contributed by atoms with E-state index in [1.165, 1.54) is 0 Å². The molecule has 2 aliphatic rings. The first-order valence-electron chi connectivity index (χ1n) is 7.80. The van der Waals surface area contributed by atoms with Crippen LogP contribution in [0, 0.1) is 0 Å². The number of nitrogens with zero attached hydrogens (tertiary/aromatic N) is 2. The van der Waals surface area contributed by atoms with E-state index < -0.39 is 0 Å². The molecule has 0 saturated carbocycles. The number of furan rings is 1. The molecular formula is C16H26N2O3. The normalized spacial score (nSPS) is 31.1. The van der Waals surface area contributed by atoms with Crippen molar-refractivity contribution in [3.63, 3.8) is 0 Å². The first kappa shape index (κ1) is 15.0. The summed E-state index contributed by atoms with van der Waals surface area (Å²) in [5, 5.41) is 0. The quantitative estimate of drug-likeness (QED) is 0.843. The van der Waals surface area contributed by atoms with E-state index in [0.717, 1.165) is 51.4 Å². The summed E-state index contributed by atoms with van der Waals surface area (Å²) in [6.45, 7) is 5.16. The molecule has 2 atom stereocenters. The van der Waals surface area contributed by atoms with Crippen molar-refractivity contribution in [1.29, 1.82) is 0 Å². The van der Waals surface area contributed by atoms with E-state index in [1.807, 2.05) is 12.1 Å².